The van der Waals surface area contributed by atoms with Crippen LogP contribution in [0.2, 0.25) is 0 Å². The van der Waals surface area contributed by atoms with Crippen molar-refractivity contribution in [2.75, 3.05) is 26.4 Å². The Bertz CT molecular complexity index is 422. The molecule has 2 saturated heterocycles. The van der Waals surface area contributed by atoms with Crippen molar-refractivity contribution in [1.29, 1.82) is 0 Å². The number of epoxide rings is 2. The zero-order chi connectivity index (χ0) is 13.1. The van der Waals surface area contributed by atoms with E-state index in [0.717, 1.165) is 24.3 Å². The summed E-state index contributed by atoms with van der Waals surface area (Å²) in [5.74, 6) is 0. The van der Waals surface area contributed by atoms with Crippen LogP contribution in [0.3, 0.4) is 0 Å². The van der Waals surface area contributed by atoms with Gasteiger partial charge in [-0.2, -0.15) is 0 Å². The predicted octanol–water partition coefficient (Wildman–Crippen LogP) is 2.16. The summed E-state index contributed by atoms with van der Waals surface area (Å²) < 4.78 is 22.0. The Hall–Kier alpha value is -1.20. The molecule has 2 heterocycles. The summed E-state index contributed by atoms with van der Waals surface area (Å²) in [5.41, 5.74) is 2.03. The highest BCUT2D eigenvalue weighted by molar-refractivity contribution is 5.52. The first-order valence-electron chi connectivity index (χ1n) is 6.54. The first kappa shape index (κ1) is 12.8. The Kier molecular flexibility index (Phi) is 3.94. The molecule has 1 aromatic carbocycles. The van der Waals surface area contributed by atoms with Gasteiger partial charge in [-0.3, -0.25) is 0 Å². The molecule has 4 nitrogen and oxygen atoms in total. The third kappa shape index (κ3) is 3.64. The Labute approximate surface area is 112 Å². The number of rotatable bonds is 8. The van der Waals surface area contributed by atoms with Crippen molar-refractivity contribution in [3.8, 4) is 0 Å². The van der Waals surface area contributed by atoms with Crippen LogP contribution >= 0.6 is 0 Å². The lowest BCUT2D eigenvalue weighted by Crippen LogP contribution is -2.16. The van der Waals surface area contributed by atoms with Gasteiger partial charge in [-0.05, 0) is 5.56 Å². The lowest BCUT2D eigenvalue weighted by atomic mass is 10.1. The largest absolute Gasteiger partial charge is 0.371 e. The minimum absolute atomic E-state index is 0.221. The van der Waals surface area contributed by atoms with Gasteiger partial charge >= 0.3 is 0 Å². The van der Waals surface area contributed by atoms with E-state index in [4.69, 9.17) is 18.9 Å². The van der Waals surface area contributed by atoms with Crippen LogP contribution in [0.15, 0.2) is 30.8 Å². The number of hydrogen-bond donors (Lipinski definition) is 0. The molecule has 0 radical (unpaired) electrons. The monoisotopic (exact) mass is 262 g/mol. The van der Waals surface area contributed by atoms with Crippen LogP contribution in [-0.2, 0) is 18.9 Å². The molecule has 0 aromatic heterocycles. The van der Waals surface area contributed by atoms with Crippen LogP contribution < -0.4 is 0 Å². The maximum absolute atomic E-state index is 5.82. The van der Waals surface area contributed by atoms with Gasteiger partial charge in [0.05, 0.1) is 26.4 Å². The molecule has 0 spiro atoms. The summed E-state index contributed by atoms with van der Waals surface area (Å²) in [6.45, 7) is 6.50. The molecule has 3 rings (SSSR count). The highest BCUT2D eigenvalue weighted by Crippen LogP contribution is 2.26. The maximum atomic E-state index is 5.82. The Morgan fingerprint density at radius 2 is 1.74 bits per heavy atom. The number of benzene rings is 1. The zero-order valence-corrected chi connectivity index (χ0v) is 10.8. The lowest BCUT2D eigenvalue weighted by molar-refractivity contribution is -0.151. The van der Waals surface area contributed by atoms with Crippen molar-refractivity contribution in [3.63, 3.8) is 0 Å². The fourth-order valence-corrected chi connectivity index (χ4v) is 1.86. The summed E-state index contributed by atoms with van der Waals surface area (Å²) in [7, 11) is 0. The van der Waals surface area contributed by atoms with Gasteiger partial charge in [0, 0.05) is 5.56 Å². The van der Waals surface area contributed by atoms with Crippen molar-refractivity contribution in [2.45, 2.75) is 18.5 Å². The summed E-state index contributed by atoms with van der Waals surface area (Å²) in [5, 5.41) is 0. The second-order valence-electron chi connectivity index (χ2n) is 4.74. The SMILES string of the molecule is C=Cc1ccccc1C(OCC1CO1)OCC1CO1. The van der Waals surface area contributed by atoms with E-state index in [2.05, 4.69) is 6.58 Å². The smallest absolute Gasteiger partial charge is 0.184 e. The average Bonchev–Trinajstić information content (AvgIpc) is 3.33. The predicted molar refractivity (Wildman–Crippen MR) is 70.7 cm³/mol. The van der Waals surface area contributed by atoms with Crippen LogP contribution in [0.4, 0.5) is 0 Å². The van der Waals surface area contributed by atoms with Crippen molar-refractivity contribution in [2.24, 2.45) is 0 Å². The minimum Gasteiger partial charge on any atom is -0.371 e. The lowest BCUT2D eigenvalue weighted by Gasteiger charge is -2.20. The molecule has 0 aliphatic carbocycles. The van der Waals surface area contributed by atoms with Gasteiger partial charge in [0.2, 0.25) is 0 Å². The van der Waals surface area contributed by atoms with Crippen LogP contribution in [0.1, 0.15) is 17.4 Å². The van der Waals surface area contributed by atoms with Gasteiger partial charge in [0.1, 0.15) is 12.2 Å². The molecule has 2 atom stereocenters. The standard InChI is InChI=1S/C15H18O4/c1-2-11-5-3-4-6-14(11)15(18-9-12-7-16-12)19-10-13-8-17-13/h2-6,12-13,15H,1,7-10H2. The molecule has 2 aliphatic rings. The highest BCUT2D eigenvalue weighted by atomic mass is 16.7. The molecule has 0 saturated carbocycles. The minimum atomic E-state index is -0.386. The topological polar surface area (TPSA) is 43.5 Å². The van der Waals surface area contributed by atoms with Gasteiger partial charge in [0.15, 0.2) is 6.29 Å². The first-order valence-corrected chi connectivity index (χ1v) is 6.54. The first-order chi connectivity index (χ1) is 9.36. The molecule has 0 bridgehead atoms. The fourth-order valence-electron chi connectivity index (χ4n) is 1.86. The molecule has 2 aliphatic heterocycles. The van der Waals surface area contributed by atoms with E-state index >= 15 is 0 Å². The van der Waals surface area contributed by atoms with Gasteiger partial charge in [-0.15, -0.1) is 0 Å². The third-order valence-corrected chi connectivity index (χ3v) is 3.14. The fraction of sp³-hybridized carbons (Fsp3) is 0.467. The molecule has 0 amide bonds. The van der Waals surface area contributed by atoms with E-state index in [9.17, 15) is 0 Å². The third-order valence-electron chi connectivity index (χ3n) is 3.14. The highest BCUT2D eigenvalue weighted by Gasteiger charge is 2.28. The molecular weight excluding hydrogens is 244 g/mol. The second kappa shape index (κ2) is 5.84. The summed E-state index contributed by atoms with van der Waals surface area (Å²) >= 11 is 0. The van der Waals surface area contributed by atoms with Crippen molar-refractivity contribution in [3.05, 3.63) is 42.0 Å². The number of hydrogen-bond acceptors (Lipinski definition) is 4. The molecule has 19 heavy (non-hydrogen) atoms. The van der Waals surface area contributed by atoms with Gasteiger partial charge < -0.3 is 18.9 Å². The zero-order valence-electron chi connectivity index (χ0n) is 10.8. The molecule has 2 unspecified atom stereocenters. The molecule has 4 heteroatoms. The van der Waals surface area contributed by atoms with Gasteiger partial charge in [-0.25, -0.2) is 0 Å². The quantitative estimate of drug-likeness (QED) is 0.532. The van der Waals surface area contributed by atoms with E-state index in [0.29, 0.717) is 13.2 Å². The van der Waals surface area contributed by atoms with Gasteiger partial charge in [-0.1, -0.05) is 36.9 Å². The van der Waals surface area contributed by atoms with Crippen molar-refractivity contribution in [1.82, 2.24) is 0 Å². The van der Waals surface area contributed by atoms with Crippen molar-refractivity contribution < 1.29 is 18.9 Å². The van der Waals surface area contributed by atoms with Crippen LogP contribution in [0.25, 0.3) is 6.08 Å². The van der Waals surface area contributed by atoms with Crippen LogP contribution in [0, 0.1) is 0 Å². The van der Waals surface area contributed by atoms with E-state index < -0.39 is 0 Å². The molecule has 102 valence electrons. The van der Waals surface area contributed by atoms with Crippen LogP contribution in [0.5, 0.6) is 0 Å². The van der Waals surface area contributed by atoms with E-state index in [-0.39, 0.29) is 18.5 Å². The molecule has 2 fully saturated rings. The van der Waals surface area contributed by atoms with E-state index in [1.807, 2.05) is 30.3 Å². The van der Waals surface area contributed by atoms with Crippen molar-refractivity contribution >= 4 is 6.08 Å². The summed E-state index contributed by atoms with van der Waals surface area (Å²) in [6.07, 6.45) is 1.87. The normalized spacial score (nSPS) is 25.9. The Morgan fingerprint density at radius 3 is 2.26 bits per heavy atom. The molecular formula is C15H18O4. The maximum Gasteiger partial charge on any atom is 0.184 e. The van der Waals surface area contributed by atoms with Crippen LogP contribution in [-0.4, -0.2) is 38.6 Å². The Balaban J connectivity index is 1.68. The van der Waals surface area contributed by atoms with Gasteiger partial charge in [0.25, 0.3) is 0 Å². The summed E-state index contributed by atoms with van der Waals surface area (Å²) in [6, 6.07) is 7.96. The second-order valence-corrected chi connectivity index (χ2v) is 4.74. The molecule has 0 N–H and O–H groups in total. The molecule has 1 aromatic rings. The summed E-state index contributed by atoms with van der Waals surface area (Å²) in [4.78, 5) is 0. The number of ether oxygens (including phenoxy) is 4. The average molecular weight is 262 g/mol. The van der Waals surface area contributed by atoms with E-state index in [1.54, 1.807) is 0 Å². The van der Waals surface area contributed by atoms with E-state index in [1.165, 1.54) is 0 Å². The Morgan fingerprint density at radius 1 is 1.16 bits per heavy atom.